The van der Waals surface area contributed by atoms with E-state index in [-0.39, 0.29) is 0 Å². The first-order valence-electron chi connectivity index (χ1n) is 18.3. The fourth-order valence-electron chi connectivity index (χ4n) is 8.47. The fourth-order valence-corrected chi connectivity index (χ4v) is 8.47. The summed E-state index contributed by atoms with van der Waals surface area (Å²) in [7, 11) is 0. The van der Waals surface area contributed by atoms with Crippen LogP contribution in [0.2, 0.25) is 0 Å². The molecular weight excluding hydrogens is 613 g/mol. The highest BCUT2D eigenvalue weighted by Crippen LogP contribution is 2.40. The topological polar surface area (TPSA) is 0 Å². The van der Waals surface area contributed by atoms with Gasteiger partial charge in [0.1, 0.15) is 0 Å². The van der Waals surface area contributed by atoms with Gasteiger partial charge in [0.05, 0.1) is 0 Å². The van der Waals surface area contributed by atoms with Crippen molar-refractivity contribution in [2.24, 2.45) is 5.92 Å². The molecule has 0 heteroatoms. The second-order valence-corrected chi connectivity index (χ2v) is 13.8. The van der Waals surface area contributed by atoms with Crippen LogP contribution in [0.1, 0.15) is 48.4 Å². The van der Waals surface area contributed by atoms with Crippen LogP contribution in [0, 0.1) is 5.92 Å². The summed E-state index contributed by atoms with van der Waals surface area (Å²) in [6.07, 6.45) is 12.2. The van der Waals surface area contributed by atoms with Gasteiger partial charge in [-0.3, -0.25) is 0 Å². The van der Waals surface area contributed by atoms with Gasteiger partial charge in [0.25, 0.3) is 0 Å². The van der Waals surface area contributed by atoms with Gasteiger partial charge in [-0.2, -0.15) is 0 Å². The third kappa shape index (κ3) is 5.68. The number of benzene rings is 7. The Labute approximate surface area is 300 Å². The van der Waals surface area contributed by atoms with Crippen LogP contribution in [0.15, 0.2) is 182 Å². The lowest BCUT2D eigenvalue weighted by molar-refractivity contribution is 0.796. The molecule has 0 aromatic heterocycles. The molecule has 51 heavy (non-hydrogen) atoms. The fraction of sp³-hybridized carbons (Fsp3) is 0.0980. The molecule has 0 amide bonds. The van der Waals surface area contributed by atoms with Gasteiger partial charge in [-0.05, 0) is 119 Å². The molecule has 0 nitrogen and oxygen atoms in total. The quantitative estimate of drug-likeness (QED) is 0.168. The lowest BCUT2D eigenvalue weighted by Gasteiger charge is -2.22. The monoisotopic (exact) mass is 652 g/mol. The molecule has 1 atom stereocenters. The van der Waals surface area contributed by atoms with E-state index >= 15 is 0 Å². The molecule has 0 radical (unpaired) electrons. The maximum atomic E-state index is 2.44. The Balaban J connectivity index is 1.21. The van der Waals surface area contributed by atoms with E-state index in [0.29, 0.717) is 5.92 Å². The summed E-state index contributed by atoms with van der Waals surface area (Å²) < 4.78 is 0. The number of allylic oxidation sites excluding steroid dienone is 6. The van der Waals surface area contributed by atoms with Gasteiger partial charge >= 0.3 is 0 Å². The average molecular weight is 653 g/mol. The summed E-state index contributed by atoms with van der Waals surface area (Å²) >= 11 is 0. The Morgan fingerprint density at radius 3 is 1.94 bits per heavy atom. The Morgan fingerprint density at radius 2 is 1.12 bits per heavy atom. The Kier molecular flexibility index (Phi) is 8.14. The molecule has 7 aromatic rings. The van der Waals surface area contributed by atoms with E-state index in [1.807, 2.05) is 0 Å². The molecule has 0 bridgehead atoms. The minimum Gasteiger partial charge on any atom is -0.0770 e. The molecule has 0 fully saturated rings. The lowest BCUT2D eigenvalue weighted by atomic mass is 9.82. The summed E-state index contributed by atoms with van der Waals surface area (Å²) in [6, 6.07) is 58.4. The zero-order valence-corrected chi connectivity index (χ0v) is 29.0. The van der Waals surface area contributed by atoms with Gasteiger partial charge in [-0.25, -0.2) is 0 Å². The third-order valence-electron chi connectivity index (χ3n) is 10.9. The molecular formula is C51H40. The van der Waals surface area contributed by atoms with E-state index in [0.717, 1.165) is 19.3 Å². The predicted molar refractivity (Wildman–Crippen MR) is 219 cm³/mol. The summed E-state index contributed by atoms with van der Waals surface area (Å²) in [5, 5.41) is 7.89. The van der Waals surface area contributed by atoms with Crippen molar-refractivity contribution in [2.75, 3.05) is 0 Å². The van der Waals surface area contributed by atoms with Crippen molar-refractivity contribution in [1.82, 2.24) is 0 Å². The van der Waals surface area contributed by atoms with E-state index in [1.165, 1.54) is 87.7 Å². The van der Waals surface area contributed by atoms with Crippen LogP contribution < -0.4 is 10.4 Å². The second kappa shape index (κ2) is 13.4. The molecule has 0 saturated carbocycles. The molecule has 7 aromatic carbocycles. The van der Waals surface area contributed by atoms with Crippen molar-refractivity contribution in [3.8, 4) is 11.1 Å². The van der Waals surface area contributed by atoms with Crippen molar-refractivity contribution in [1.29, 1.82) is 0 Å². The first-order chi connectivity index (χ1) is 25.3. The molecule has 244 valence electrons. The van der Waals surface area contributed by atoms with Crippen LogP contribution in [0.25, 0.3) is 55.0 Å². The summed E-state index contributed by atoms with van der Waals surface area (Å²) in [5.74, 6) is 0.336. The van der Waals surface area contributed by atoms with Crippen LogP contribution in [-0.4, -0.2) is 0 Å². The third-order valence-corrected chi connectivity index (χ3v) is 10.9. The van der Waals surface area contributed by atoms with Gasteiger partial charge in [-0.15, -0.1) is 0 Å². The summed E-state index contributed by atoms with van der Waals surface area (Å²) in [6.45, 7) is 2.30. The van der Waals surface area contributed by atoms with Crippen LogP contribution >= 0.6 is 0 Å². The van der Waals surface area contributed by atoms with Gasteiger partial charge in [0.2, 0.25) is 0 Å². The lowest BCUT2D eigenvalue weighted by Crippen LogP contribution is -2.32. The highest BCUT2D eigenvalue weighted by molar-refractivity contribution is 6.03. The first-order valence-corrected chi connectivity index (χ1v) is 18.3. The molecule has 1 unspecified atom stereocenters. The van der Waals surface area contributed by atoms with Crippen molar-refractivity contribution in [3.05, 3.63) is 215 Å². The summed E-state index contributed by atoms with van der Waals surface area (Å²) in [5.41, 5.74) is 13.4. The van der Waals surface area contributed by atoms with E-state index in [9.17, 15) is 0 Å². The van der Waals surface area contributed by atoms with Crippen molar-refractivity contribution >= 4 is 43.8 Å². The van der Waals surface area contributed by atoms with Gasteiger partial charge < -0.3 is 0 Å². The SMILES string of the molecule is CCC1C=CC=CC(c2cccc(C3=c4ccccc4=C(c4ccc(-c5ccccc5)c5ccccc45)CC3)c2)=C1c1ccc2ccccc2c1. The van der Waals surface area contributed by atoms with Gasteiger partial charge in [0, 0.05) is 5.92 Å². The van der Waals surface area contributed by atoms with Crippen molar-refractivity contribution in [3.63, 3.8) is 0 Å². The zero-order valence-electron chi connectivity index (χ0n) is 29.0. The average Bonchev–Trinajstić information content (AvgIpc) is 3.43. The molecule has 0 N–H and O–H groups in total. The van der Waals surface area contributed by atoms with E-state index in [4.69, 9.17) is 0 Å². The predicted octanol–water partition coefficient (Wildman–Crippen LogP) is 11.9. The molecule has 2 aliphatic carbocycles. The maximum absolute atomic E-state index is 2.44. The minimum absolute atomic E-state index is 0.336. The van der Waals surface area contributed by atoms with Gasteiger partial charge in [0.15, 0.2) is 0 Å². The second-order valence-electron chi connectivity index (χ2n) is 13.8. The Bertz CT molecular complexity index is 2660. The number of hydrogen-bond acceptors (Lipinski definition) is 0. The maximum Gasteiger partial charge on any atom is 0.00305 e. The zero-order chi connectivity index (χ0) is 34.1. The van der Waals surface area contributed by atoms with Crippen LogP contribution in [-0.2, 0) is 0 Å². The highest BCUT2D eigenvalue weighted by Gasteiger charge is 2.21. The molecule has 0 saturated heterocycles. The minimum atomic E-state index is 0.336. The van der Waals surface area contributed by atoms with E-state index in [1.54, 1.807) is 0 Å². The van der Waals surface area contributed by atoms with Crippen LogP contribution in [0.4, 0.5) is 0 Å². The first kappa shape index (κ1) is 31.0. The van der Waals surface area contributed by atoms with Crippen molar-refractivity contribution < 1.29 is 0 Å². The molecule has 0 heterocycles. The van der Waals surface area contributed by atoms with E-state index in [2.05, 4.69) is 189 Å². The normalized spacial score (nSPS) is 15.7. The van der Waals surface area contributed by atoms with Gasteiger partial charge in [-0.1, -0.05) is 177 Å². The Hall–Kier alpha value is -5.98. The number of hydrogen-bond donors (Lipinski definition) is 0. The molecule has 2 aliphatic rings. The summed E-state index contributed by atoms with van der Waals surface area (Å²) in [4.78, 5) is 0. The van der Waals surface area contributed by atoms with Crippen LogP contribution in [0.3, 0.4) is 0 Å². The molecule has 9 rings (SSSR count). The largest absolute Gasteiger partial charge is 0.0770 e. The smallest absolute Gasteiger partial charge is 0.00305 e. The highest BCUT2D eigenvalue weighted by atomic mass is 14.2. The molecule has 0 spiro atoms. The van der Waals surface area contributed by atoms with E-state index < -0.39 is 0 Å². The number of rotatable bonds is 6. The molecule has 0 aliphatic heterocycles. The number of fused-ring (bicyclic) bond motifs is 3. The van der Waals surface area contributed by atoms with Crippen molar-refractivity contribution in [2.45, 2.75) is 26.2 Å². The Morgan fingerprint density at radius 1 is 0.471 bits per heavy atom. The standard InChI is InChI=1S/C51H40/c1-2-35-15-8-9-22-44(51(35)41-28-27-36-16-6-7-19-38(36)33-41)40-21-14-20-39(34-40)43-30-32-50(48-26-13-11-24-46(43)48)49-31-29-42(37-17-4-3-5-18-37)45-23-10-12-25-47(45)49/h3-29,31,33-35H,2,30,32H2,1H3. The van der Waals surface area contributed by atoms with Crippen LogP contribution in [0.5, 0.6) is 0 Å².